The highest BCUT2D eigenvalue weighted by molar-refractivity contribution is 7.73. The van der Waals surface area contributed by atoms with Crippen LogP contribution in [0.4, 0.5) is 0 Å². The molecule has 0 aliphatic carbocycles. The SMILES string of the molecule is Cc1nn(CN2CCN(Cc3ccccc3)CC2)c(=S)s1. The summed E-state index contributed by atoms with van der Waals surface area (Å²) in [5.74, 6) is 0. The van der Waals surface area contributed by atoms with Gasteiger partial charge in [-0.1, -0.05) is 41.7 Å². The van der Waals surface area contributed by atoms with Crippen LogP contribution in [0, 0.1) is 10.9 Å². The minimum atomic E-state index is 0.822. The number of aromatic nitrogens is 2. The van der Waals surface area contributed by atoms with E-state index in [2.05, 4.69) is 45.2 Å². The van der Waals surface area contributed by atoms with Crippen molar-refractivity contribution in [2.45, 2.75) is 20.1 Å². The van der Waals surface area contributed by atoms with E-state index in [1.165, 1.54) is 5.56 Å². The van der Waals surface area contributed by atoms with Crippen LogP contribution < -0.4 is 0 Å². The molecule has 0 radical (unpaired) electrons. The highest BCUT2D eigenvalue weighted by Crippen LogP contribution is 2.11. The monoisotopic (exact) mass is 320 g/mol. The van der Waals surface area contributed by atoms with Gasteiger partial charge in [0.05, 0.1) is 6.67 Å². The van der Waals surface area contributed by atoms with Crippen LogP contribution in [0.3, 0.4) is 0 Å². The van der Waals surface area contributed by atoms with Crippen LogP contribution in [0.1, 0.15) is 10.6 Å². The van der Waals surface area contributed by atoms with E-state index in [9.17, 15) is 0 Å². The topological polar surface area (TPSA) is 24.3 Å². The van der Waals surface area contributed by atoms with Gasteiger partial charge in [-0.25, -0.2) is 4.68 Å². The Morgan fingerprint density at radius 1 is 1.10 bits per heavy atom. The van der Waals surface area contributed by atoms with Crippen LogP contribution in [-0.2, 0) is 13.2 Å². The second-order valence-corrected chi connectivity index (χ2v) is 7.23. The molecule has 2 heterocycles. The Balaban J connectivity index is 1.51. The molecular formula is C15H20N4S2. The van der Waals surface area contributed by atoms with Gasteiger partial charge in [0.25, 0.3) is 0 Å². The predicted molar refractivity (Wildman–Crippen MR) is 89.0 cm³/mol. The average molecular weight is 320 g/mol. The first kappa shape index (κ1) is 14.8. The summed E-state index contributed by atoms with van der Waals surface area (Å²) in [4.78, 5) is 4.94. The summed E-state index contributed by atoms with van der Waals surface area (Å²) in [6.07, 6.45) is 0. The molecule has 0 unspecified atom stereocenters. The van der Waals surface area contributed by atoms with E-state index >= 15 is 0 Å². The quantitative estimate of drug-likeness (QED) is 0.809. The third-order valence-electron chi connectivity index (χ3n) is 3.76. The fourth-order valence-electron chi connectivity index (χ4n) is 2.62. The molecule has 112 valence electrons. The van der Waals surface area contributed by atoms with Crippen LogP contribution in [0.5, 0.6) is 0 Å². The van der Waals surface area contributed by atoms with E-state index in [0.717, 1.165) is 48.4 Å². The molecule has 0 N–H and O–H groups in total. The van der Waals surface area contributed by atoms with Gasteiger partial charge in [-0.2, -0.15) is 5.10 Å². The van der Waals surface area contributed by atoms with Gasteiger partial charge in [0.1, 0.15) is 5.01 Å². The highest BCUT2D eigenvalue weighted by atomic mass is 32.1. The molecular weight excluding hydrogens is 300 g/mol. The van der Waals surface area contributed by atoms with Crippen molar-refractivity contribution in [1.29, 1.82) is 0 Å². The maximum absolute atomic E-state index is 5.33. The molecule has 0 saturated carbocycles. The second kappa shape index (κ2) is 6.79. The fourth-order valence-corrected chi connectivity index (χ4v) is 3.68. The van der Waals surface area contributed by atoms with E-state index in [0.29, 0.717) is 0 Å². The van der Waals surface area contributed by atoms with Gasteiger partial charge in [-0.3, -0.25) is 9.80 Å². The van der Waals surface area contributed by atoms with Crippen molar-refractivity contribution in [3.63, 3.8) is 0 Å². The first-order chi connectivity index (χ1) is 10.2. The molecule has 6 heteroatoms. The number of rotatable bonds is 4. The van der Waals surface area contributed by atoms with Crippen LogP contribution in [-0.4, -0.2) is 45.8 Å². The lowest BCUT2D eigenvalue weighted by Gasteiger charge is -2.34. The van der Waals surface area contributed by atoms with Crippen molar-refractivity contribution in [1.82, 2.24) is 19.6 Å². The largest absolute Gasteiger partial charge is 0.297 e. The Morgan fingerprint density at radius 2 is 1.76 bits per heavy atom. The molecule has 1 aliphatic rings. The summed E-state index contributed by atoms with van der Waals surface area (Å²) in [5.41, 5.74) is 1.39. The lowest BCUT2D eigenvalue weighted by molar-refractivity contribution is 0.0983. The number of hydrogen-bond donors (Lipinski definition) is 0. The molecule has 1 fully saturated rings. The molecule has 0 bridgehead atoms. The Kier molecular flexibility index (Phi) is 4.80. The molecule has 0 spiro atoms. The predicted octanol–water partition coefficient (Wildman–Crippen LogP) is 2.76. The first-order valence-electron chi connectivity index (χ1n) is 7.24. The Hall–Kier alpha value is -1.08. The van der Waals surface area contributed by atoms with Gasteiger partial charge >= 0.3 is 0 Å². The zero-order valence-electron chi connectivity index (χ0n) is 12.2. The third kappa shape index (κ3) is 3.97. The van der Waals surface area contributed by atoms with Crippen molar-refractivity contribution in [3.8, 4) is 0 Å². The molecule has 2 aromatic rings. The molecule has 0 amide bonds. The smallest absolute Gasteiger partial charge is 0.180 e. The maximum Gasteiger partial charge on any atom is 0.180 e. The van der Waals surface area contributed by atoms with Crippen LogP contribution in [0.25, 0.3) is 0 Å². The van der Waals surface area contributed by atoms with E-state index < -0.39 is 0 Å². The lowest BCUT2D eigenvalue weighted by atomic mass is 10.2. The van der Waals surface area contributed by atoms with E-state index in [1.807, 2.05) is 11.6 Å². The Labute approximate surface area is 134 Å². The van der Waals surface area contributed by atoms with Gasteiger partial charge in [0, 0.05) is 32.7 Å². The van der Waals surface area contributed by atoms with Crippen LogP contribution >= 0.6 is 23.6 Å². The Bertz CT molecular complexity index is 627. The van der Waals surface area contributed by atoms with Gasteiger partial charge in [0.2, 0.25) is 0 Å². The van der Waals surface area contributed by atoms with Gasteiger partial charge in [-0.15, -0.1) is 0 Å². The van der Waals surface area contributed by atoms with E-state index in [4.69, 9.17) is 12.2 Å². The third-order valence-corrected chi connectivity index (χ3v) is 4.98. The Morgan fingerprint density at radius 3 is 2.38 bits per heavy atom. The minimum absolute atomic E-state index is 0.822. The van der Waals surface area contributed by atoms with E-state index in [-0.39, 0.29) is 0 Å². The molecule has 0 atom stereocenters. The van der Waals surface area contributed by atoms with Gasteiger partial charge in [-0.05, 0) is 24.7 Å². The van der Waals surface area contributed by atoms with Crippen molar-refractivity contribution in [2.24, 2.45) is 0 Å². The summed E-state index contributed by atoms with van der Waals surface area (Å²) in [5, 5.41) is 5.51. The minimum Gasteiger partial charge on any atom is -0.297 e. The number of hydrogen-bond acceptors (Lipinski definition) is 5. The highest BCUT2D eigenvalue weighted by Gasteiger charge is 2.17. The number of nitrogens with zero attached hydrogens (tertiary/aromatic N) is 4. The zero-order chi connectivity index (χ0) is 14.7. The first-order valence-corrected chi connectivity index (χ1v) is 8.46. The van der Waals surface area contributed by atoms with Crippen molar-refractivity contribution < 1.29 is 0 Å². The maximum atomic E-state index is 5.33. The van der Waals surface area contributed by atoms with Crippen LogP contribution in [0.2, 0.25) is 0 Å². The summed E-state index contributed by atoms with van der Waals surface area (Å²) in [6, 6.07) is 10.7. The molecule has 3 rings (SSSR count). The van der Waals surface area contributed by atoms with Crippen molar-refractivity contribution in [3.05, 3.63) is 44.9 Å². The van der Waals surface area contributed by atoms with E-state index in [1.54, 1.807) is 11.3 Å². The number of aryl methyl sites for hydroxylation is 1. The van der Waals surface area contributed by atoms with Crippen LogP contribution in [0.15, 0.2) is 30.3 Å². The van der Waals surface area contributed by atoms with Gasteiger partial charge < -0.3 is 0 Å². The lowest BCUT2D eigenvalue weighted by Crippen LogP contribution is -2.46. The fraction of sp³-hybridized carbons (Fsp3) is 0.467. The second-order valence-electron chi connectivity index (χ2n) is 5.41. The zero-order valence-corrected chi connectivity index (χ0v) is 13.9. The summed E-state index contributed by atoms with van der Waals surface area (Å²) >= 11 is 6.92. The summed E-state index contributed by atoms with van der Waals surface area (Å²) in [7, 11) is 0. The average Bonchev–Trinajstić information content (AvgIpc) is 2.80. The summed E-state index contributed by atoms with van der Waals surface area (Å²) in [6.45, 7) is 8.23. The molecule has 1 aromatic carbocycles. The number of piperazine rings is 1. The van der Waals surface area contributed by atoms with Crippen molar-refractivity contribution >= 4 is 23.6 Å². The molecule has 1 aromatic heterocycles. The molecule has 21 heavy (non-hydrogen) atoms. The number of benzene rings is 1. The molecule has 1 aliphatic heterocycles. The standard InChI is InChI=1S/C15H20N4S2/c1-13-16-19(15(20)21-13)12-18-9-7-17(8-10-18)11-14-5-3-2-4-6-14/h2-6H,7-12H2,1H3. The molecule has 4 nitrogen and oxygen atoms in total. The summed E-state index contributed by atoms with van der Waals surface area (Å²) < 4.78 is 2.82. The van der Waals surface area contributed by atoms with Crippen molar-refractivity contribution in [2.75, 3.05) is 26.2 Å². The van der Waals surface area contributed by atoms with Gasteiger partial charge in [0.15, 0.2) is 3.95 Å². The molecule has 1 saturated heterocycles. The normalized spacial score (nSPS) is 17.2.